The predicted octanol–water partition coefficient (Wildman–Crippen LogP) is 4.64. The molecule has 1 N–H and O–H groups in total. The molecule has 0 saturated carbocycles. The van der Waals surface area contributed by atoms with Gasteiger partial charge in [-0.2, -0.15) is 0 Å². The van der Waals surface area contributed by atoms with E-state index in [4.69, 9.17) is 9.84 Å². The summed E-state index contributed by atoms with van der Waals surface area (Å²) >= 11 is 0. The molecule has 0 saturated heterocycles. The number of hydrogen-bond donors (Lipinski definition) is 1. The van der Waals surface area contributed by atoms with Gasteiger partial charge in [-0.3, -0.25) is 0 Å². The van der Waals surface area contributed by atoms with Crippen molar-refractivity contribution in [1.82, 2.24) is 0 Å². The quantitative estimate of drug-likeness (QED) is 0.519. The Balaban J connectivity index is 1.96. The van der Waals surface area contributed by atoms with Gasteiger partial charge in [-0.25, -0.2) is 9.59 Å². The van der Waals surface area contributed by atoms with Gasteiger partial charge in [0.25, 0.3) is 0 Å². The molecule has 0 aliphatic rings. The van der Waals surface area contributed by atoms with Crippen LogP contribution >= 0.6 is 0 Å². The van der Waals surface area contributed by atoms with E-state index in [1.54, 1.807) is 31.2 Å². The molecule has 5 heteroatoms. The van der Waals surface area contributed by atoms with Crippen molar-refractivity contribution in [2.24, 2.45) is 5.92 Å². The molecule has 0 bridgehead atoms. The minimum absolute atomic E-state index is 0.151. The second kappa shape index (κ2) is 9.50. The fraction of sp³-hybridized carbons (Fsp3) is 0.375. The van der Waals surface area contributed by atoms with Crippen LogP contribution in [-0.2, 0) is 22.4 Å². The monoisotopic (exact) mass is 396 g/mol. The van der Waals surface area contributed by atoms with Crippen LogP contribution in [0.1, 0.15) is 64.6 Å². The molecule has 0 aliphatic heterocycles. The Kier molecular flexibility index (Phi) is 7.32. The number of aromatic carboxylic acids is 1. The first-order valence-electron chi connectivity index (χ1n) is 9.69. The molecule has 0 aromatic heterocycles. The highest BCUT2D eigenvalue weighted by molar-refractivity contribution is 5.90. The molecule has 29 heavy (non-hydrogen) atoms. The Morgan fingerprint density at radius 2 is 1.69 bits per heavy atom. The summed E-state index contributed by atoms with van der Waals surface area (Å²) < 4.78 is 5.35. The molecule has 2 aromatic rings. The molecule has 2 aromatic carbocycles. The van der Waals surface area contributed by atoms with Crippen LogP contribution < -0.4 is 0 Å². The van der Waals surface area contributed by atoms with Crippen molar-refractivity contribution >= 4 is 18.2 Å². The summed E-state index contributed by atoms with van der Waals surface area (Å²) in [5.74, 6) is -1.45. The second-order valence-corrected chi connectivity index (χ2v) is 8.29. The molecular formula is C24H28O5. The summed E-state index contributed by atoms with van der Waals surface area (Å²) in [6.07, 6.45) is 2.91. The topological polar surface area (TPSA) is 80.7 Å². The van der Waals surface area contributed by atoms with Gasteiger partial charge in [0, 0.05) is 5.92 Å². The third-order valence-corrected chi connectivity index (χ3v) is 4.60. The Labute approximate surface area is 171 Å². The molecule has 1 atom stereocenters. The number of benzene rings is 2. The van der Waals surface area contributed by atoms with Crippen LogP contribution in [0.4, 0.5) is 0 Å². The predicted molar refractivity (Wildman–Crippen MR) is 111 cm³/mol. The molecule has 154 valence electrons. The van der Waals surface area contributed by atoms with E-state index in [0.29, 0.717) is 30.4 Å². The van der Waals surface area contributed by atoms with Gasteiger partial charge in [0.05, 0.1) is 11.1 Å². The molecule has 0 amide bonds. The summed E-state index contributed by atoms with van der Waals surface area (Å²) in [5, 5.41) is 9.11. The van der Waals surface area contributed by atoms with Gasteiger partial charge in [0.15, 0.2) is 0 Å². The summed E-state index contributed by atoms with van der Waals surface area (Å²) in [5.41, 5.74) is 2.95. The molecule has 1 unspecified atom stereocenters. The number of aldehydes is 1. The molecule has 0 aliphatic carbocycles. The van der Waals surface area contributed by atoms with Crippen LogP contribution in [0.25, 0.3) is 0 Å². The smallest absolute Gasteiger partial charge is 0.338 e. The number of carboxylic acids is 1. The van der Waals surface area contributed by atoms with Crippen molar-refractivity contribution in [3.05, 3.63) is 70.3 Å². The summed E-state index contributed by atoms with van der Waals surface area (Å²) in [6.45, 7) is 7.25. The number of carbonyl (C=O) groups is 3. The van der Waals surface area contributed by atoms with Crippen LogP contribution in [0.3, 0.4) is 0 Å². The van der Waals surface area contributed by atoms with E-state index in [1.807, 2.05) is 39.0 Å². The Morgan fingerprint density at radius 1 is 1.07 bits per heavy atom. The average Bonchev–Trinajstić information content (AvgIpc) is 2.64. The average molecular weight is 396 g/mol. The van der Waals surface area contributed by atoms with Crippen LogP contribution in [-0.4, -0.2) is 28.9 Å². The zero-order chi connectivity index (χ0) is 21.6. The van der Waals surface area contributed by atoms with E-state index in [2.05, 4.69) is 0 Å². The molecule has 0 fully saturated rings. The van der Waals surface area contributed by atoms with Gasteiger partial charge in [-0.15, -0.1) is 0 Å². The minimum Gasteiger partial charge on any atom is -0.478 e. The zero-order valence-electron chi connectivity index (χ0n) is 17.4. The molecule has 0 spiro atoms. The number of carboxylic acid groups (broad SMARTS) is 1. The van der Waals surface area contributed by atoms with Crippen LogP contribution in [0.2, 0.25) is 0 Å². The van der Waals surface area contributed by atoms with Crippen LogP contribution in [0, 0.1) is 12.8 Å². The lowest BCUT2D eigenvalue weighted by Gasteiger charge is -2.19. The zero-order valence-corrected chi connectivity index (χ0v) is 17.4. The summed E-state index contributed by atoms with van der Waals surface area (Å²) in [4.78, 5) is 34.7. The SMILES string of the molecule is Cc1cc(CCC(C=O)Cc2ccc(C(=O)OC(C)(C)C)cc2)ccc1C(=O)O. The third kappa shape index (κ3) is 6.86. The Hall–Kier alpha value is -2.95. The first kappa shape index (κ1) is 22.3. The maximum atomic E-state index is 12.1. The van der Waals surface area contributed by atoms with Crippen molar-refractivity contribution < 1.29 is 24.2 Å². The summed E-state index contributed by atoms with van der Waals surface area (Å²) in [7, 11) is 0. The first-order chi connectivity index (χ1) is 13.6. The molecular weight excluding hydrogens is 368 g/mol. The molecule has 2 rings (SSSR count). The number of hydrogen-bond acceptors (Lipinski definition) is 4. The Bertz CT molecular complexity index is 875. The summed E-state index contributed by atoms with van der Waals surface area (Å²) in [6, 6.07) is 12.4. The van der Waals surface area contributed by atoms with E-state index < -0.39 is 11.6 Å². The lowest BCUT2D eigenvalue weighted by atomic mass is 9.93. The second-order valence-electron chi connectivity index (χ2n) is 8.29. The van der Waals surface area contributed by atoms with Gasteiger partial charge in [-0.05, 0) is 81.8 Å². The van der Waals surface area contributed by atoms with E-state index in [1.165, 1.54) is 0 Å². The number of esters is 1. The van der Waals surface area contributed by atoms with E-state index in [-0.39, 0.29) is 11.9 Å². The van der Waals surface area contributed by atoms with Crippen molar-refractivity contribution in [1.29, 1.82) is 0 Å². The van der Waals surface area contributed by atoms with Crippen molar-refractivity contribution in [3.63, 3.8) is 0 Å². The molecule has 0 heterocycles. The fourth-order valence-electron chi connectivity index (χ4n) is 3.11. The van der Waals surface area contributed by atoms with Crippen molar-refractivity contribution in [2.45, 2.75) is 52.6 Å². The molecule has 0 radical (unpaired) electrons. The van der Waals surface area contributed by atoms with Gasteiger partial charge in [-0.1, -0.05) is 24.3 Å². The number of carbonyl (C=O) groups excluding carboxylic acids is 2. The minimum atomic E-state index is -0.936. The highest BCUT2D eigenvalue weighted by Crippen LogP contribution is 2.18. The van der Waals surface area contributed by atoms with Crippen LogP contribution in [0.5, 0.6) is 0 Å². The van der Waals surface area contributed by atoms with E-state index >= 15 is 0 Å². The van der Waals surface area contributed by atoms with Gasteiger partial charge in [0.1, 0.15) is 11.9 Å². The van der Waals surface area contributed by atoms with Gasteiger partial charge < -0.3 is 14.6 Å². The highest BCUT2D eigenvalue weighted by atomic mass is 16.6. The highest BCUT2D eigenvalue weighted by Gasteiger charge is 2.18. The van der Waals surface area contributed by atoms with Crippen LogP contribution in [0.15, 0.2) is 42.5 Å². The normalized spacial score (nSPS) is 12.3. The van der Waals surface area contributed by atoms with E-state index in [0.717, 1.165) is 23.0 Å². The standard InChI is InChI=1S/C24H28O5/c1-16-13-17(9-12-21(16)22(26)27)5-6-19(15-25)14-18-7-10-20(11-8-18)23(28)29-24(2,3)4/h7-13,15,19H,5-6,14H2,1-4H3,(H,26,27). The third-order valence-electron chi connectivity index (χ3n) is 4.60. The first-order valence-corrected chi connectivity index (χ1v) is 9.69. The largest absolute Gasteiger partial charge is 0.478 e. The number of aryl methyl sites for hydroxylation is 2. The lowest BCUT2D eigenvalue weighted by Crippen LogP contribution is -2.23. The fourth-order valence-corrected chi connectivity index (χ4v) is 3.11. The van der Waals surface area contributed by atoms with Gasteiger partial charge >= 0.3 is 11.9 Å². The number of ether oxygens (including phenoxy) is 1. The lowest BCUT2D eigenvalue weighted by molar-refractivity contribution is -0.111. The maximum absolute atomic E-state index is 12.1. The van der Waals surface area contributed by atoms with Gasteiger partial charge in [0.2, 0.25) is 0 Å². The Morgan fingerprint density at radius 3 is 2.21 bits per heavy atom. The van der Waals surface area contributed by atoms with E-state index in [9.17, 15) is 14.4 Å². The van der Waals surface area contributed by atoms with Crippen molar-refractivity contribution in [3.8, 4) is 0 Å². The van der Waals surface area contributed by atoms with Crippen molar-refractivity contribution in [2.75, 3.05) is 0 Å². The maximum Gasteiger partial charge on any atom is 0.338 e. The number of rotatable bonds is 8. The molecule has 5 nitrogen and oxygen atoms in total.